The minimum atomic E-state index is -4.91. The van der Waals surface area contributed by atoms with Crippen molar-refractivity contribution in [1.82, 2.24) is 9.88 Å². The number of halogens is 4. The normalized spacial score (nSPS) is 21.8. The Hall–Kier alpha value is -3.80. The van der Waals surface area contributed by atoms with Crippen LogP contribution in [0.4, 0.5) is 28.9 Å². The minimum Gasteiger partial charge on any atom is -0.477 e. The number of aromatic nitrogens is 1. The highest BCUT2D eigenvalue weighted by molar-refractivity contribution is 6.11. The summed E-state index contributed by atoms with van der Waals surface area (Å²) in [5.74, 6) is -3.60. The Balaban J connectivity index is 1.47. The molecule has 1 N–H and O–H groups in total. The number of pyridine rings is 1. The maximum absolute atomic E-state index is 15.5. The lowest BCUT2D eigenvalue weighted by molar-refractivity contribution is -0.124. The van der Waals surface area contributed by atoms with Crippen molar-refractivity contribution in [2.24, 2.45) is 16.8 Å². The second-order valence-electron chi connectivity index (χ2n) is 10.4. The van der Waals surface area contributed by atoms with Crippen molar-refractivity contribution in [3.63, 3.8) is 0 Å². The highest BCUT2D eigenvalue weighted by atomic mass is 19.4. The first-order chi connectivity index (χ1) is 19.0. The molecule has 1 aromatic carbocycles. The number of rotatable bonds is 7. The molecule has 1 unspecified atom stereocenters. The summed E-state index contributed by atoms with van der Waals surface area (Å²) in [7, 11) is 1.97. The topological polar surface area (TPSA) is 87.1 Å². The van der Waals surface area contributed by atoms with Gasteiger partial charge >= 0.3 is 6.18 Å². The molecule has 8 nitrogen and oxygen atoms in total. The summed E-state index contributed by atoms with van der Waals surface area (Å²) in [6.07, 6.45) is -0.204. The van der Waals surface area contributed by atoms with E-state index in [1.54, 1.807) is 12.1 Å². The third-order valence-electron chi connectivity index (χ3n) is 7.43. The molecule has 3 aliphatic rings. The van der Waals surface area contributed by atoms with Gasteiger partial charge in [-0.15, -0.1) is 0 Å². The molecule has 12 heteroatoms. The molecule has 5 rings (SSSR count). The summed E-state index contributed by atoms with van der Waals surface area (Å²) in [6.45, 7) is 4.27. The molecular formula is C28H29F4N5O3. The van der Waals surface area contributed by atoms with E-state index in [0.717, 1.165) is 12.8 Å². The molecule has 2 amide bonds. The minimum absolute atomic E-state index is 0.113. The molecule has 2 aliphatic heterocycles. The lowest BCUT2D eigenvalue weighted by atomic mass is 9.95. The Bertz CT molecular complexity index is 1350. The summed E-state index contributed by atoms with van der Waals surface area (Å²) >= 11 is 0. The number of likely N-dealkylation sites (N-methyl/N-ethyl adjacent to an activating group) is 1. The van der Waals surface area contributed by atoms with Gasteiger partial charge in [-0.1, -0.05) is 0 Å². The van der Waals surface area contributed by atoms with Crippen LogP contribution in [0.25, 0.3) is 11.1 Å². The summed E-state index contributed by atoms with van der Waals surface area (Å²) in [5.41, 5.74) is -0.312. The molecule has 212 valence electrons. The van der Waals surface area contributed by atoms with Crippen LogP contribution in [0.3, 0.4) is 0 Å². The van der Waals surface area contributed by atoms with Crippen molar-refractivity contribution < 1.29 is 31.9 Å². The first kappa shape index (κ1) is 27.8. The number of aliphatic imine (C=N–C) groups is 1. The molecule has 2 atom stereocenters. The van der Waals surface area contributed by atoms with Crippen molar-refractivity contribution in [3.8, 4) is 17.0 Å². The number of benzene rings is 1. The highest BCUT2D eigenvalue weighted by Crippen LogP contribution is 2.38. The van der Waals surface area contributed by atoms with E-state index in [1.807, 2.05) is 18.9 Å². The summed E-state index contributed by atoms with van der Waals surface area (Å²) < 4.78 is 62.1. The molecule has 0 spiro atoms. The summed E-state index contributed by atoms with van der Waals surface area (Å²) in [5, 5.41) is 2.56. The smallest absolute Gasteiger partial charge is 0.414 e. The largest absolute Gasteiger partial charge is 0.477 e. The van der Waals surface area contributed by atoms with Crippen LogP contribution in [-0.2, 0) is 9.59 Å². The first-order valence-corrected chi connectivity index (χ1v) is 13.1. The lowest BCUT2D eigenvalue weighted by Gasteiger charge is -2.40. The zero-order chi connectivity index (χ0) is 28.6. The number of nitrogens with one attached hydrogen (secondary N) is 1. The standard InChI is InChI=1S/C28H29F4N5O3/c1-16-14-37(8-7-36(16)2)24-11-22(29)19(18-5-6-26(34-12-18)40-15-17-3-4-17)9-23(24)35-27(39)20-13-33-25(38)10-21(20)28(30,31)32/h5-6,9-13,16-17,20H,3-4,7-8,14-15H2,1-2H3,(H,35,39)/t16-,20?/m0/s1. The Morgan fingerprint density at radius 3 is 2.62 bits per heavy atom. The van der Waals surface area contributed by atoms with Gasteiger partial charge in [-0.3, -0.25) is 9.59 Å². The number of alkyl halides is 3. The van der Waals surface area contributed by atoms with E-state index in [4.69, 9.17) is 4.74 Å². The fourth-order valence-electron chi connectivity index (χ4n) is 4.69. The highest BCUT2D eigenvalue weighted by Gasteiger charge is 2.43. The molecule has 0 bridgehead atoms. The Labute approximate surface area is 228 Å². The van der Waals surface area contributed by atoms with E-state index in [9.17, 15) is 22.8 Å². The van der Waals surface area contributed by atoms with Gasteiger partial charge in [0.05, 0.1) is 23.6 Å². The second-order valence-corrected chi connectivity index (χ2v) is 10.4. The van der Waals surface area contributed by atoms with Crippen LogP contribution < -0.4 is 15.0 Å². The molecule has 1 aromatic heterocycles. The average molecular weight is 560 g/mol. The maximum Gasteiger partial charge on any atom is 0.414 e. The fourth-order valence-corrected chi connectivity index (χ4v) is 4.69. The van der Waals surface area contributed by atoms with Gasteiger partial charge in [0, 0.05) is 61.4 Å². The van der Waals surface area contributed by atoms with E-state index >= 15 is 4.39 Å². The van der Waals surface area contributed by atoms with Crippen molar-refractivity contribution in [3.05, 3.63) is 47.9 Å². The number of ether oxygens (including phenoxy) is 1. The van der Waals surface area contributed by atoms with Crippen molar-refractivity contribution in [2.75, 3.05) is 43.5 Å². The number of hydrogen-bond donors (Lipinski definition) is 1. The predicted molar refractivity (Wildman–Crippen MR) is 142 cm³/mol. The molecule has 1 saturated carbocycles. The van der Waals surface area contributed by atoms with Crippen LogP contribution in [0.15, 0.2) is 47.1 Å². The van der Waals surface area contributed by atoms with Gasteiger partial charge in [0.2, 0.25) is 11.8 Å². The number of piperazine rings is 1. The summed E-state index contributed by atoms with van der Waals surface area (Å²) in [4.78, 5) is 36.4. The molecule has 2 fully saturated rings. The number of carbonyl (C=O) groups excluding carboxylic acids is 2. The van der Waals surface area contributed by atoms with Gasteiger partial charge < -0.3 is 19.9 Å². The quantitative estimate of drug-likeness (QED) is 0.504. The number of hydrogen-bond acceptors (Lipinski definition) is 6. The Morgan fingerprint density at radius 1 is 1.20 bits per heavy atom. The fraction of sp³-hybridized carbons (Fsp3) is 0.429. The number of dihydropyridines is 1. The third-order valence-corrected chi connectivity index (χ3v) is 7.43. The van der Waals surface area contributed by atoms with Gasteiger partial charge in [0.1, 0.15) is 11.7 Å². The number of carbonyl (C=O) groups is 2. The molecule has 2 aromatic rings. The lowest BCUT2D eigenvalue weighted by Crippen LogP contribution is -2.50. The number of anilines is 2. The van der Waals surface area contributed by atoms with E-state index in [1.165, 1.54) is 18.3 Å². The zero-order valence-corrected chi connectivity index (χ0v) is 22.0. The van der Waals surface area contributed by atoms with Crippen molar-refractivity contribution in [1.29, 1.82) is 0 Å². The number of nitrogens with zero attached hydrogens (tertiary/aromatic N) is 4. The van der Waals surface area contributed by atoms with Gasteiger partial charge in [-0.2, -0.15) is 13.2 Å². The molecular weight excluding hydrogens is 530 g/mol. The Morgan fingerprint density at radius 2 is 1.98 bits per heavy atom. The van der Waals surface area contributed by atoms with Crippen LogP contribution in [0, 0.1) is 17.7 Å². The van der Waals surface area contributed by atoms with E-state index in [-0.39, 0.29) is 17.3 Å². The van der Waals surface area contributed by atoms with Crippen molar-refractivity contribution in [2.45, 2.75) is 32.0 Å². The van der Waals surface area contributed by atoms with Gasteiger partial charge in [-0.05, 0) is 50.9 Å². The van der Waals surface area contributed by atoms with Crippen LogP contribution in [0.1, 0.15) is 19.8 Å². The van der Waals surface area contributed by atoms with Crippen LogP contribution in [0.2, 0.25) is 0 Å². The molecule has 0 radical (unpaired) electrons. The summed E-state index contributed by atoms with van der Waals surface area (Å²) in [6, 6.07) is 6.06. The third kappa shape index (κ3) is 6.16. The van der Waals surface area contributed by atoms with Crippen LogP contribution in [-0.4, -0.2) is 73.4 Å². The zero-order valence-electron chi connectivity index (χ0n) is 22.0. The average Bonchev–Trinajstić information content (AvgIpc) is 3.74. The van der Waals surface area contributed by atoms with Gasteiger partial charge in [0.25, 0.3) is 5.91 Å². The molecule has 1 saturated heterocycles. The molecule has 1 aliphatic carbocycles. The molecule has 40 heavy (non-hydrogen) atoms. The SMILES string of the molecule is C[C@H]1CN(c2cc(F)c(-c3ccc(OCC4CC4)nc3)cc2NC(=O)C2C=NC(=O)C=C2C(F)(F)F)CCN1C. The molecule has 3 heterocycles. The van der Waals surface area contributed by atoms with E-state index in [2.05, 4.69) is 20.2 Å². The van der Waals surface area contributed by atoms with Gasteiger partial charge in [-0.25, -0.2) is 14.4 Å². The van der Waals surface area contributed by atoms with Crippen molar-refractivity contribution >= 4 is 29.4 Å². The Kier molecular flexibility index (Phi) is 7.63. The van der Waals surface area contributed by atoms with E-state index in [0.29, 0.717) is 61.6 Å². The van der Waals surface area contributed by atoms with Gasteiger partial charge in [0.15, 0.2) is 0 Å². The van der Waals surface area contributed by atoms with Crippen LogP contribution in [0.5, 0.6) is 5.88 Å². The monoisotopic (exact) mass is 559 g/mol. The van der Waals surface area contributed by atoms with Crippen LogP contribution >= 0.6 is 0 Å². The predicted octanol–water partition coefficient (Wildman–Crippen LogP) is 4.47. The number of amides is 2. The maximum atomic E-state index is 15.5. The van der Waals surface area contributed by atoms with E-state index < -0.39 is 35.3 Å². The first-order valence-electron chi connectivity index (χ1n) is 13.1. The second kappa shape index (κ2) is 11.0.